The number of aromatic nitrogens is 2. The van der Waals surface area contributed by atoms with Gasteiger partial charge in [0.1, 0.15) is 5.58 Å². The van der Waals surface area contributed by atoms with Crippen molar-refractivity contribution in [3.8, 4) is 22.5 Å². The Bertz CT molecular complexity index is 1950. The molecule has 0 saturated carbocycles. The Morgan fingerprint density at radius 3 is 2.32 bits per heavy atom. The summed E-state index contributed by atoms with van der Waals surface area (Å²) < 4.78 is 7.69. The van der Waals surface area contributed by atoms with Crippen LogP contribution in [0.1, 0.15) is 36.8 Å². The van der Waals surface area contributed by atoms with E-state index in [9.17, 15) is 0 Å². The molecular weight excluding hydrogens is 701 g/mol. The maximum Gasteiger partial charge on any atom is 0.129 e. The van der Waals surface area contributed by atoms with Crippen LogP contribution in [-0.2, 0) is 25.5 Å². The molecule has 0 fully saturated rings. The predicted molar refractivity (Wildman–Crippen MR) is 168 cm³/mol. The second kappa shape index (κ2) is 11.7. The predicted octanol–water partition coefficient (Wildman–Crippen LogP) is 10.1. The topological polar surface area (TPSA) is 38.9 Å². The zero-order valence-electron chi connectivity index (χ0n) is 23.7. The molecule has 41 heavy (non-hydrogen) atoms. The largest absolute Gasteiger partial charge is 0.500 e. The van der Waals surface area contributed by atoms with Gasteiger partial charge in [-0.2, -0.15) is 0 Å². The van der Waals surface area contributed by atoms with Crippen LogP contribution in [0.3, 0.4) is 0 Å². The van der Waals surface area contributed by atoms with Crippen LogP contribution in [0.15, 0.2) is 95.7 Å². The van der Waals surface area contributed by atoms with Crippen molar-refractivity contribution in [3.63, 3.8) is 0 Å². The van der Waals surface area contributed by atoms with E-state index in [1.807, 2.05) is 55.7 Å². The molecular formula is C36H30IrN2OS-2. The summed E-state index contributed by atoms with van der Waals surface area (Å²) in [4.78, 5) is 10.2. The molecule has 3 aromatic carbocycles. The Labute approximate surface area is 258 Å². The van der Waals surface area contributed by atoms with E-state index in [4.69, 9.17) is 4.42 Å². The molecule has 0 spiro atoms. The van der Waals surface area contributed by atoms with E-state index in [0.29, 0.717) is 0 Å². The monoisotopic (exact) mass is 731 g/mol. The van der Waals surface area contributed by atoms with E-state index in [0.717, 1.165) is 44.5 Å². The van der Waals surface area contributed by atoms with Gasteiger partial charge < -0.3 is 14.4 Å². The molecule has 7 aromatic rings. The number of rotatable bonds is 2. The summed E-state index contributed by atoms with van der Waals surface area (Å²) in [6.45, 7) is 10.8. The Balaban J connectivity index is 0.000000204. The number of furan rings is 1. The summed E-state index contributed by atoms with van der Waals surface area (Å²) in [5.41, 5.74) is 8.18. The standard InChI is InChI=1S/C24H20NOS.C12H10N.Ir/c1-14-12-19-21(27-14)9-8-17-16-6-5-7-18(22(16)26-23(17)19)20-13-15(10-11-25-20)24(2,3)4;1-10-7-8-12(13-9-10)11-5-3-2-4-6-11;/h5-6,8-13H,1-4H3;2-5,7-9H,1H3;/q2*-1;. The Morgan fingerprint density at radius 2 is 1.59 bits per heavy atom. The first-order valence-electron chi connectivity index (χ1n) is 13.4. The normalized spacial score (nSPS) is 11.3. The van der Waals surface area contributed by atoms with Crippen LogP contribution in [0.25, 0.3) is 54.5 Å². The maximum absolute atomic E-state index is 6.43. The molecule has 0 amide bonds. The van der Waals surface area contributed by atoms with Crippen LogP contribution in [0.4, 0.5) is 0 Å². The summed E-state index contributed by atoms with van der Waals surface area (Å²) in [5, 5.41) is 3.46. The smallest absolute Gasteiger partial charge is 0.129 e. The molecule has 0 atom stereocenters. The van der Waals surface area contributed by atoms with Gasteiger partial charge in [0.2, 0.25) is 0 Å². The number of aryl methyl sites for hydroxylation is 2. The van der Waals surface area contributed by atoms with E-state index in [1.54, 1.807) is 11.3 Å². The number of pyridine rings is 2. The number of thiophene rings is 1. The van der Waals surface area contributed by atoms with Gasteiger partial charge in [0.25, 0.3) is 0 Å². The van der Waals surface area contributed by atoms with Gasteiger partial charge in [-0.05, 0) is 60.0 Å². The Hall–Kier alpha value is -3.63. The number of hydrogen-bond donors (Lipinski definition) is 0. The first-order valence-corrected chi connectivity index (χ1v) is 14.2. The van der Waals surface area contributed by atoms with Crippen molar-refractivity contribution < 1.29 is 24.5 Å². The molecule has 0 N–H and O–H groups in total. The number of benzene rings is 3. The maximum atomic E-state index is 6.43. The second-order valence-electron chi connectivity index (χ2n) is 11.1. The molecule has 0 unspecified atom stereocenters. The van der Waals surface area contributed by atoms with Crippen LogP contribution < -0.4 is 0 Å². The van der Waals surface area contributed by atoms with E-state index in [2.05, 4.69) is 92.3 Å². The van der Waals surface area contributed by atoms with E-state index < -0.39 is 0 Å². The average molecular weight is 731 g/mol. The second-order valence-corrected chi connectivity index (χ2v) is 12.4. The molecule has 0 aliphatic rings. The molecule has 0 bridgehead atoms. The minimum Gasteiger partial charge on any atom is -0.500 e. The van der Waals surface area contributed by atoms with Crippen LogP contribution in [0.5, 0.6) is 0 Å². The fourth-order valence-electron chi connectivity index (χ4n) is 4.84. The van der Waals surface area contributed by atoms with Gasteiger partial charge in [-0.1, -0.05) is 56.0 Å². The van der Waals surface area contributed by atoms with Crippen molar-refractivity contribution in [2.75, 3.05) is 0 Å². The summed E-state index contributed by atoms with van der Waals surface area (Å²) in [7, 11) is 0. The van der Waals surface area contributed by atoms with Gasteiger partial charge in [0, 0.05) is 52.8 Å². The van der Waals surface area contributed by atoms with Crippen LogP contribution >= 0.6 is 11.3 Å². The Morgan fingerprint density at radius 1 is 0.756 bits per heavy atom. The third-order valence-corrected chi connectivity index (χ3v) is 8.01. The number of nitrogens with zero attached hydrogens (tertiary/aromatic N) is 2. The van der Waals surface area contributed by atoms with Crippen LogP contribution in [-0.4, -0.2) is 9.97 Å². The Kier molecular flexibility index (Phi) is 8.24. The van der Waals surface area contributed by atoms with Crippen LogP contribution in [0.2, 0.25) is 0 Å². The van der Waals surface area contributed by atoms with Gasteiger partial charge in [-0.25, -0.2) is 0 Å². The molecule has 0 aliphatic carbocycles. The van der Waals surface area contributed by atoms with E-state index in [1.165, 1.54) is 26.1 Å². The quantitative estimate of drug-likeness (QED) is 0.166. The van der Waals surface area contributed by atoms with Gasteiger partial charge in [0.15, 0.2) is 0 Å². The van der Waals surface area contributed by atoms with Crippen molar-refractivity contribution in [3.05, 3.63) is 119 Å². The van der Waals surface area contributed by atoms with Crippen molar-refractivity contribution in [1.82, 2.24) is 9.97 Å². The zero-order chi connectivity index (χ0) is 27.9. The van der Waals surface area contributed by atoms with Gasteiger partial charge in [-0.3, -0.25) is 0 Å². The van der Waals surface area contributed by atoms with Gasteiger partial charge >= 0.3 is 0 Å². The summed E-state index contributed by atoms with van der Waals surface area (Å²) >= 11 is 1.80. The fraction of sp³-hybridized carbons (Fsp3) is 0.167. The molecule has 1 radical (unpaired) electrons. The minimum absolute atomic E-state index is 0. The molecule has 7 rings (SSSR count). The van der Waals surface area contributed by atoms with Gasteiger partial charge in [0.05, 0.1) is 5.58 Å². The average Bonchev–Trinajstić information content (AvgIpc) is 3.53. The SMILES string of the molecule is Cc1cc2c(ccc3c4cc[c-]c(-c5cc(C(C)(C)C)ccn5)c4oc23)s1.Cc1ccc(-c2[c-]cccc2)nc1.[Ir]. The van der Waals surface area contributed by atoms with Crippen molar-refractivity contribution >= 4 is 43.4 Å². The molecule has 0 saturated heterocycles. The number of fused-ring (bicyclic) bond motifs is 5. The van der Waals surface area contributed by atoms with Gasteiger partial charge in [-0.15, -0.1) is 65.4 Å². The molecule has 0 aliphatic heterocycles. The minimum atomic E-state index is 0. The van der Waals surface area contributed by atoms with E-state index in [-0.39, 0.29) is 25.5 Å². The fourth-order valence-corrected chi connectivity index (χ4v) is 5.76. The number of hydrogen-bond acceptors (Lipinski definition) is 4. The third kappa shape index (κ3) is 5.89. The van der Waals surface area contributed by atoms with Crippen LogP contribution in [0, 0.1) is 26.0 Å². The first kappa shape index (κ1) is 28.9. The summed E-state index contributed by atoms with van der Waals surface area (Å²) in [5.74, 6) is 0. The molecule has 4 heterocycles. The van der Waals surface area contributed by atoms with Crippen molar-refractivity contribution in [2.24, 2.45) is 0 Å². The summed E-state index contributed by atoms with van der Waals surface area (Å²) in [6.07, 6.45) is 3.75. The zero-order valence-corrected chi connectivity index (χ0v) is 26.9. The summed E-state index contributed by atoms with van der Waals surface area (Å²) in [6, 6.07) is 33.3. The first-order chi connectivity index (χ1) is 19.3. The van der Waals surface area contributed by atoms with Crippen molar-refractivity contribution in [1.29, 1.82) is 0 Å². The molecule has 5 heteroatoms. The van der Waals surface area contributed by atoms with Crippen molar-refractivity contribution in [2.45, 2.75) is 40.0 Å². The third-order valence-electron chi connectivity index (χ3n) is 7.00. The molecule has 3 nitrogen and oxygen atoms in total. The molecule has 207 valence electrons. The molecule has 4 aromatic heterocycles. The van der Waals surface area contributed by atoms with E-state index >= 15 is 0 Å².